The van der Waals surface area contributed by atoms with Crippen LogP contribution in [-0.4, -0.2) is 13.2 Å². The van der Waals surface area contributed by atoms with E-state index in [2.05, 4.69) is 39.0 Å². The van der Waals surface area contributed by atoms with Gasteiger partial charge < -0.3 is 15.2 Å². The van der Waals surface area contributed by atoms with Gasteiger partial charge in [-0.25, -0.2) is 4.79 Å². The monoisotopic (exact) mass is 325 g/mol. The number of benzene rings is 2. The van der Waals surface area contributed by atoms with Gasteiger partial charge in [0.05, 0.1) is 7.11 Å². The van der Waals surface area contributed by atoms with Crippen LogP contribution in [0.1, 0.15) is 36.6 Å². The van der Waals surface area contributed by atoms with Gasteiger partial charge in [-0.2, -0.15) is 0 Å². The van der Waals surface area contributed by atoms with Crippen LogP contribution in [0.5, 0.6) is 5.75 Å². The highest BCUT2D eigenvalue weighted by Gasteiger charge is 2.41. The fourth-order valence-corrected chi connectivity index (χ4v) is 3.57. The molecular formula is C20H23NO3. The summed E-state index contributed by atoms with van der Waals surface area (Å²) in [4.78, 5) is 11.2. The molecule has 0 fully saturated rings. The van der Waals surface area contributed by atoms with Crippen molar-refractivity contribution in [2.24, 2.45) is 11.1 Å². The summed E-state index contributed by atoms with van der Waals surface area (Å²) in [5.74, 6) is 0.850. The van der Waals surface area contributed by atoms with E-state index in [4.69, 9.17) is 15.2 Å². The summed E-state index contributed by atoms with van der Waals surface area (Å²) < 4.78 is 10.9. The van der Waals surface area contributed by atoms with E-state index in [1.165, 1.54) is 11.1 Å². The highest BCUT2D eigenvalue weighted by molar-refractivity contribution is 5.73. The summed E-state index contributed by atoms with van der Waals surface area (Å²) >= 11 is 0. The minimum Gasteiger partial charge on any atom is -0.496 e. The Hall–Kier alpha value is -2.49. The second-order valence-corrected chi connectivity index (χ2v) is 7.10. The second kappa shape index (κ2) is 5.86. The third kappa shape index (κ3) is 2.84. The lowest BCUT2D eigenvalue weighted by Gasteiger charge is -2.26. The number of amides is 1. The Morgan fingerprint density at radius 3 is 2.62 bits per heavy atom. The van der Waals surface area contributed by atoms with Crippen LogP contribution in [-0.2, 0) is 11.2 Å². The average Bonchev–Trinajstić information content (AvgIpc) is 2.76. The van der Waals surface area contributed by atoms with Crippen LogP contribution >= 0.6 is 0 Å². The standard InChI is InChI=1S/C20H23NO3/c1-12-5-8-17(23-4)16(9-12)13-6-7-15-14(10-13)11-20(2,3)18(15)24-19(21)22/h5-10,18H,11H2,1-4H3,(H2,21,22). The summed E-state index contributed by atoms with van der Waals surface area (Å²) in [7, 11) is 1.68. The summed E-state index contributed by atoms with van der Waals surface area (Å²) in [6.07, 6.45) is -0.203. The van der Waals surface area contributed by atoms with E-state index in [0.29, 0.717) is 0 Å². The number of rotatable bonds is 3. The zero-order valence-electron chi connectivity index (χ0n) is 14.6. The molecule has 0 radical (unpaired) electrons. The number of ether oxygens (including phenoxy) is 2. The van der Waals surface area contributed by atoms with Gasteiger partial charge in [-0.1, -0.05) is 43.7 Å². The van der Waals surface area contributed by atoms with Gasteiger partial charge in [0.25, 0.3) is 0 Å². The molecule has 0 saturated heterocycles. The van der Waals surface area contributed by atoms with Crippen LogP contribution in [0.3, 0.4) is 0 Å². The van der Waals surface area contributed by atoms with Crippen molar-refractivity contribution in [1.29, 1.82) is 0 Å². The third-order valence-corrected chi connectivity index (χ3v) is 4.68. The van der Waals surface area contributed by atoms with Crippen molar-refractivity contribution in [3.63, 3.8) is 0 Å². The zero-order chi connectivity index (χ0) is 17.5. The Labute approximate surface area is 142 Å². The van der Waals surface area contributed by atoms with Gasteiger partial charge in [-0.15, -0.1) is 0 Å². The molecule has 0 aromatic heterocycles. The molecule has 1 aliphatic carbocycles. The summed E-state index contributed by atoms with van der Waals surface area (Å²) in [6.45, 7) is 6.25. The molecule has 1 aliphatic rings. The third-order valence-electron chi connectivity index (χ3n) is 4.68. The van der Waals surface area contributed by atoms with Crippen LogP contribution in [0.2, 0.25) is 0 Å². The predicted octanol–water partition coefficient (Wildman–Crippen LogP) is 4.39. The summed E-state index contributed by atoms with van der Waals surface area (Å²) in [5, 5.41) is 0. The smallest absolute Gasteiger partial charge is 0.405 e. The number of hydrogen-bond donors (Lipinski definition) is 1. The molecular weight excluding hydrogens is 302 g/mol. The Morgan fingerprint density at radius 1 is 1.21 bits per heavy atom. The molecule has 2 aromatic carbocycles. The van der Waals surface area contributed by atoms with E-state index < -0.39 is 6.09 Å². The number of carbonyl (C=O) groups is 1. The Bertz CT molecular complexity index is 795. The molecule has 3 rings (SSSR count). The number of aryl methyl sites for hydroxylation is 1. The molecule has 2 aromatic rings. The first kappa shape index (κ1) is 16.4. The molecule has 24 heavy (non-hydrogen) atoms. The fourth-order valence-electron chi connectivity index (χ4n) is 3.57. The molecule has 1 amide bonds. The van der Waals surface area contributed by atoms with E-state index in [9.17, 15) is 4.79 Å². The second-order valence-electron chi connectivity index (χ2n) is 7.10. The average molecular weight is 325 g/mol. The van der Waals surface area contributed by atoms with Gasteiger partial charge in [-0.05, 0) is 42.2 Å². The number of fused-ring (bicyclic) bond motifs is 1. The maximum atomic E-state index is 11.2. The van der Waals surface area contributed by atoms with Crippen LogP contribution in [0.15, 0.2) is 36.4 Å². The van der Waals surface area contributed by atoms with Crippen LogP contribution in [0.4, 0.5) is 4.79 Å². The molecule has 0 heterocycles. The number of methoxy groups -OCH3 is 1. The Morgan fingerprint density at radius 2 is 1.96 bits per heavy atom. The molecule has 0 aliphatic heterocycles. The SMILES string of the molecule is COc1ccc(C)cc1-c1ccc2c(c1)CC(C)(C)C2OC(N)=O. The molecule has 2 N–H and O–H groups in total. The van der Waals surface area contributed by atoms with Gasteiger partial charge in [0.15, 0.2) is 0 Å². The maximum Gasteiger partial charge on any atom is 0.405 e. The zero-order valence-corrected chi connectivity index (χ0v) is 14.6. The van der Waals surface area contributed by atoms with Crippen molar-refractivity contribution < 1.29 is 14.3 Å². The highest BCUT2D eigenvalue weighted by Crippen LogP contribution is 2.48. The molecule has 126 valence electrons. The van der Waals surface area contributed by atoms with E-state index in [-0.39, 0.29) is 11.5 Å². The largest absolute Gasteiger partial charge is 0.496 e. The molecule has 1 atom stereocenters. The maximum absolute atomic E-state index is 11.2. The number of primary amides is 1. The van der Waals surface area contributed by atoms with E-state index in [0.717, 1.165) is 28.9 Å². The van der Waals surface area contributed by atoms with Crippen molar-refractivity contribution >= 4 is 6.09 Å². The Balaban J connectivity index is 2.06. The van der Waals surface area contributed by atoms with Gasteiger partial charge in [0.1, 0.15) is 11.9 Å². The first-order valence-corrected chi connectivity index (χ1v) is 8.06. The Kier molecular flexibility index (Phi) is 3.99. The van der Waals surface area contributed by atoms with Crippen molar-refractivity contribution in [3.8, 4) is 16.9 Å². The molecule has 0 bridgehead atoms. The lowest BCUT2D eigenvalue weighted by molar-refractivity contribution is 0.0392. The van der Waals surface area contributed by atoms with Crippen LogP contribution in [0, 0.1) is 12.3 Å². The molecule has 1 unspecified atom stereocenters. The first-order valence-electron chi connectivity index (χ1n) is 8.06. The van der Waals surface area contributed by atoms with Crippen molar-refractivity contribution in [3.05, 3.63) is 53.1 Å². The van der Waals surface area contributed by atoms with Gasteiger partial charge in [0.2, 0.25) is 0 Å². The van der Waals surface area contributed by atoms with Crippen molar-refractivity contribution in [2.75, 3.05) is 7.11 Å². The van der Waals surface area contributed by atoms with E-state index >= 15 is 0 Å². The van der Waals surface area contributed by atoms with Gasteiger partial charge in [0, 0.05) is 11.0 Å². The predicted molar refractivity (Wildman–Crippen MR) is 94.1 cm³/mol. The van der Waals surface area contributed by atoms with Crippen LogP contribution < -0.4 is 10.5 Å². The summed E-state index contributed by atoms with van der Waals surface area (Å²) in [5.41, 5.74) is 10.6. The van der Waals surface area contributed by atoms with Gasteiger partial charge in [-0.3, -0.25) is 0 Å². The summed E-state index contributed by atoms with van der Waals surface area (Å²) in [6, 6.07) is 12.4. The number of nitrogens with two attached hydrogens (primary N) is 1. The normalized spacial score (nSPS) is 18.1. The molecule has 0 saturated carbocycles. The molecule has 4 heteroatoms. The number of carbonyl (C=O) groups excluding carboxylic acids is 1. The quantitative estimate of drug-likeness (QED) is 0.910. The first-order chi connectivity index (χ1) is 11.3. The van der Waals surface area contributed by atoms with Crippen molar-refractivity contribution in [2.45, 2.75) is 33.3 Å². The molecule has 4 nitrogen and oxygen atoms in total. The number of hydrogen-bond acceptors (Lipinski definition) is 3. The highest BCUT2D eigenvalue weighted by atomic mass is 16.6. The topological polar surface area (TPSA) is 61.6 Å². The van der Waals surface area contributed by atoms with Crippen molar-refractivity contribution in [1.82, 2.24) is 0 Å². The lowest BCUT2D eigenvalue weighted by atomic mass is 9.87. The van der Waals surface area contributed by atoms with Crippen LogP contribution in [0.25, 0.3) is 11.1 Å². The fraction of sp³-hybridized carbons (Fsp3) is 0.350. The lowest BCUT2D eigenvalue weighted by Crippen LogP contribution is -2.25. The van der Waals surface area contributed by atoms with E-state index in [1.54, 1.807) is 7.11 Å². The minimum absolute atomic E-state index is 0.174. The van der Waals surface area contributed by atoms with E-state index in [1.807, 2.05) is 18.2 Å². The minimum atomic E-state index is -0.731. The molecule has 0 spiro atoms. The van der Waals surface area contributed by atoms with Gasteiger partial charge >= 0.3 is 6.09 Å².